The number of anilines is 1. The maximum Gasteiger partial charge on any atom is 0.126 e. The van der Waals surface area contributed by atoms with Gasteiger partial charge in [0.1, 0.15) is 5.82 Å². The number of pyridine rings is 1. The molecule has 0 aliphatic carbocycles. The van der Waals surface area contributed by atoms with Crippen molar-refractivity contribution in [2.45, 2.75) is 13.8 Å². The summed E-state index contributed by atoms with van der Waals surface area (Å²) in [7, 11) is 0. The molecule has 0 atom stereocenters. The minimum absolute atomic E-state index is 0.254. The Balaban J connectivity index is 2.57. The van der Waals surface area contributed by atoms with E-state index in [0.717, 1.165) is 0 Å². The Kier molecular flexibility index (Phi) is 3.03. The van der Waals surface area contributed by atoms with Crippen molar-refractivity contribution in [3.63, 3.8) is 0 Å². The van der Waals surface area contributed by atoms with E-state index < -0.39 is 0 Å². The average Bonchev–Trinajstić information content (AvgIpc) is 2.29. The van der Waals surface area contributed by atoms with Crippen molar-refractivity contribution in [3.8, 4) is 11.3 Å². The van der Waals surface area contributed by atoms with Crippen LogP contribution in [0.5, 0.6) is 0 Å². The second-order valence-electron chi connectivity index (χ2n) is 3.96. The molecule has 0 saturated carbocycles. The molecule has 88 valence electrons. The van der Waals surface area contributed by atoms with E-state index in [-0.39, 0.29) is 5.82 Å². The first-order valence-electron chi connectivity index (χ1n) is 5.18. The van der Waals surface area contributed by atoms with Gasteiger partial charge in [0.2, 0.25) is 0 Å². The van der Waals surface area contributed by atoms with Gasteiger partial charge in [-0.05, 0) is 31.5 Å². The maximum absolute atomic E-state index is 13.5. The molecule has 17 heavy (non-hydrogen) atoms. The minimum atomic E-state index is -0.254. The van der Waals surface area contributed by atoms with E-state index >= 15 is 0 Å². The number of nitrogens with zero attached hydrogens (tertiary/aromatic N) is 1. The quantitative estimate of drug-likeness (QED) is 0.837. The number of hydrogen-bond donors (Lipinski definition) is 1. The van der Waals surface area contributed by atoms with Gasteiger partial charge in [-0.3, -0.25) is 4.98 Å². The summed E-state index contributed by atoms with van der Waals surface area (Å²) in [6, 6.07) is 6.63. The van der Waals surface area contributed by atoms with E-state index in [2.05, 4.69) is 4.98 Å². The van der Waals surface area contributed by atoms with Crippen LogP contribution in [0.1, 0.15) is 11.3 Å². The number of benzene rings is 1. The molecule has 4 heteroatoms. The van der Waals surface area contributed by atoms with E-state index in [1.54, 1.807) is 26.0 Å². The third kappa shape index (κ3) is 2.24. The van der Waals surface area contributed by atoms with Gasteiger partial charge >= 0.3 is 0 Å². The summed E-state index contributed by atoms with van der Waals surface area (Å²) in [5.74, 6) is -0.254. The highest BCUT2D eigenvalue weighted by Crippen LogP contribution is 2.28. The van der Waals surface area contributed by atoms with Crippen LogP contribution in [0.4, 0.5) is 10.1 Å². The second kappa shape index (κ2) is 4.34. The molecule has 0 aliphatic rings. The Bertz CT molecular complexity index is 559. The van der Waals surface area contributed by atoms with Crippen molar-refractivity contribution in [1.82, 2.24) is 4.98 Å². The smallest absolute Gasteiger partial charge is 0.126 e. The molecule has 2 rings (SSSR count). The summed E-state index contributed by atoms with van der Waals surface area (Å²) in [5, 5.41) is 0.446. The number of hydrogen-bond acceptors (Lipinski definition) is 2. The number of halogens is 2. The van der Waals surface area contributed by atoms with Crippen molar-refractivity contribution in [3.05, 3.63) is 46.4 Å². The van der Waals surface area contributed by atoms with Crippen molar-refractivity contribution < 1.29 is 4.39 Å². The first-order chi connectivity index (χ1) is 7.99. The number of nitrogen functional groups attached to an aromatic ring is 1. The average molecular weight is 251 g/mol. The Hall–Kier alpha value is -1.61. The van der Waals surface area contributed by atoms with E-state index in [9.17, 15) is 4.39 Å². The maximum atomic E-state index is 13.5. The molecule has 1 aromatic carbocycles. The molecule has 0 saturated heterocycles. The van der Waals surface area contributed by atoms with Gasteiger partial charge in [-0.25, -0.2) is 4.39 Å². The monoisotopic (exact) mass is 250 g/mol. The molecule has 0 spiro atoms. The highest BCUT2D eigenvalue weighted by molar-refractivity contribution is 6.33. The summed E-state index contributed by atoms with van der Waals surface area (Å²) in [4.78, 5) is 4.30. The number of aryl methyl sites for hydroxylation is 2. The fourth-order valence-electron chi connectivity index (χ4n) is 1.58. The molecule has 0 unspecified atom stereocenters. The molecule has 2 N–H and O–H groups in total. The SMILES string of the molecule is Cc1ccc(-c2cc(N)c(Cl)c(C)n2)cc1F. The predicted molar refractivity (Wildman–Crippen MR) is 68.5 cm³/mol. The number of nitrogens with two attached hydrogens (primary N) is 1. The second-order valence-corrected chi connectivity index (χ2v) is 4.34. The van der Waals surface area contributed by atoms with Gasteiger partial charge in [-0.15, -0.1) is 0 Å². The Labute approximate surface area is 104 Å². The van der Waals surface area contributed by atoms with E-state index in [1.807, 2.05) is 6.07 Å². The molecular weight excluding hydrogens is 239 g/mol. The van der Waals surface area contributed by atoms with Gasteiger partial charge in [-0.2, -0.15) is 0 Å². The summed E-state index contributed by atoms with van der Waals surface area (Å²) in [5.41, 5.74) is 8.78. The van der Waals surface area contributed by atoms with E-state index in [4.69, 9.17) is 17.3 Å². The largest absolute Gasteiger partial charge is 0.397 e. The van der Waals surface area contributed by atoms with Crippen LogP contribution < -0.4 is 5.73 Å². The van der Waals surface area contributed by atoms with Gasteiger partial charge in [-0.1, -0.05) is 23.7 Å². The zero-order valence-electron chi connectivity index (χ0n) is 9.59. The van der Waals surface area contributed by atoms with Crippen LogP contribution >= 0.6 is 11.6 Å². The summed E-state index contributed by atoms with van der Waals surface area (Å²) in [6.07, 6.45) is 0. The van der Waals surface area contributed by atoms with Crippen LogP contribution in [-0.2, 0) is 0 Å². The lowest BCUT2D eigenvalue weighted by molar-refractivity contribution is 0.619. The van der Waals surface area contributed by atoms with Crippen molar-refractivity contribution in [2.24, 2.45) is 0 Å². The van der Waals surface area contributed by atoms with Gasteiger partial charge < -0.3 is 5.73 Å². The first-order valence-corrected chi connectivity index (χ1v) is 5.56. The van der Waals surface area contributed by atoms with Crippen molar-refractivity contribution in [1.29, 1.82) is 0 Å². The van der Waals surface area contributed by atoms with Crippen LogP contribution in [0.15, 0.2) is 24.3 Å². The lowest BCUT2D eigenvalue weighted by Gasteiger charge is -2.07. The van der Waals surface area contributed by atoms with Crippen molar-refractivity contribution in [2.75, 3.05) is 5.73 Å². The molecular formula is C13H12ClFN2. The fourth-order valence-corrected chi connectivity index (χ4v) is 1.68. The highest BCUT2D eigenvalue weighted by Gasteiger charge is 2.08. The first kappa shape index (κ1) is 11.9. The van der Waals surface area contributed by atoms with E-state index in [1.165, 1.54) is 6.07 Å². The zero-order valence-corrected chi connectivity index (χ0v) is 10.3. The molecule has 0 bridgehead atoms. The molecule has 1 aromatic heterocycles. The Morgan fingerprint density at radius 1 is 1.24 bits per heavy atom. The van der Waals surface area contributed by atoms with Gasteiger partial charge in [0.05, 0.1) is 22.1 Å². The lowest BCUT2D eigenvalue weighted by Crippen LogP contribution is -1.95. The molecule has 1 heterocycles. The topological polar surface area (TPSA) is 38.9 Å². The summed E-state index contributed by atoms with van der Waals surface area (Å²) in [6.45, 7) is 3.49. The molecule has 0 fully saturated rings. The zero-order chi connectivity index (χ0) is 12.6. The van der Waals surface area contributed by atoms with Gasteiger partial charge in [0.25, 0.3) is 0 Å². The third-order valence-electron chi connectivity index (χ3n) is 2.62. The standard InChI is InChI=1S/C13H12ClFN2/c1-7-3-4-9(5-10(7)15)12-6-11(16)13(14)8(2)17-12/h3-6H,1-2H3,(H2,16,17). The van der Waals surface area contributed by atoms with Crippen LogP contribution in [0, 0.1) is 19.7 Å². The van der Waals surface area contributed by atoms with Gasteiger partial charge in [0.15, 0.2) is 0 Å². The Morgan fingerprint density at radius 2 is 1.94 bits per heavy atom. The highest BCUT2D eigenvalue weighted by atomic mass is 35.5. The molecule has 0 amide bonds. The van der Waals surface area contributed by atoms with Crippen LogP contribution in [0.3, 0.4) is 0 Å². The fraction of sp³-hybridized carbons (Fsp3) is 0.154. The molecule has 2 nitrogen and oxygen atoms in total. The van der Waals surface area contributed by atoms with E-state index in [0.29, 0.717) is 33.2 Å². The normalized spacial score (nSPS) is 10.6. The predicted octanol–water partition coefficient (Wildman–Crippen LogP) is 3.74. The number of rotatable bonds is 1. The summed E-state index contributed by atoms with van der Waals surface area (Å²) >= 11 is 5.93. The lowest BCUT2D eigenvalue weighted by atomic mass is 10.1. The van der Waals surface area contributed by atoms with Crippen molar-refractivity contribution >= 4 is 17.3 Å². The molecule has 2 aromatic rings. The third-order valence-corrected chi connectivity index (χ3v) is 3.11. The Morgan fingerprint density at radius 3 is 2.53 bits per heavy atom. The molecule has 0 radical (unpaired) electrons. The number of aromatic nitrogens is 1. The van der Waals surface area contributed by atoms with Crippen LogP contribution in [0.2, 0.25) is 5.02 Å². The van der Waals surface area contributed by atoms with Crippen LogP contribution in [0.25, 0.3) is 11.3 Å². The van der Waals surface area contributed by atoms with Gasteiger partial charge in [0, 0.05) is 5.56 Å². The minimum Gasteiger partial charge on any atom is -0.397 e. The summed E-state index contributed by atoms with van der Waals surface area (Å²) < 4.78 is 13.5. The molecule has 0 aliphatic heterocycles. The van der Waals surface area contributed by atoms with Crippen LogP contribution in [-0.4, -0.2) is 4.98 Å².